The second-order valence-corrected chi connectivity index (χ2v) is 6.80. The van der Waals surface area contributed by atoms with E-state index in [2.05, 4.69) is 31.5 Å². The Hall–Kier alpha value is -3.19. The van der Waals surface area contributed by atoms with E-state index in [0.717, 1.165) is 10.0 Å². The van der Waals surface area contributed by atoms with E-state index in [1.54, 1.807) is 24.3 Å². The van der Waals surface area contributed by atoms with Crippen molar-refractivity contribution in [1.82, 2.24) is 15.6 Å². The minimum atomic E-state index is -0.377. The number of aromatic nitrogens is 1. The molecule has 2 aromatic carbocycles. The molecule has 1 aromatic heterocycles. The number of nitrogens with zero attached hydrogens (tertiary/aromatic N) is 1. The van der Waals surface area contributed by atoms with Crippen LogP contribution in [-0.2, 0) is 11.3 Å². The summed E-state index contributed by atoms with van der Waals surface area (Å²) in [6, 6.07) is 20.1. The van der Waals surface area contributed by atoms with E-state index in [-0.39, 0.29) is 18.4 Å². The van der Waals surface area contributed by atoms with Gasteiger partial charge in [0.15, 0.2) is 0 Å². The van der Waals surface area contributed by atoms with Gasteiger partial charge in [-0.15, -0.1) is 0 Å². The lowest BCUT2D eigenvalue weighted by Gasteiger charge is -2.08. The Balaban J connectivity index is 1.46. The molecule has 28 heavy (non-hydrogen) atoms. The van der Waals surface area contributed by atoms with Gasteiger partial charge >= 0.3 is 0 Å². The number of pyridine rings is 1. The first-order chi connectivity index (χ1) is 13.6. The van der Waals surface area contributed by atoms with Gasteiger partial charge in [-0.05, 0) is 35.9 Å². The molecule has 1 heterocycles. The molecule has 0 spiro atoms. The summed E-state index contributed by atoms with van der Waals surface area (Å²) in [5.74, 6) is 0.375. The molecule has 0 radical (unpaired) electrons. The summed E-state index contributed by atoms with van der Waals surface area (Å²) >= 11 is 3.36. The highest BCUT2D eigenvalue weighted by Crippen LogP contribution is 2.21. The van der Waals surface area contributed by atoms with E-state index >= 15 is 0 Å². The molecule has 0 fully saturated rings. The fourth-order valence-corrected chi connectivity index (χ4v) is 2.58. The maximum atomic E-state index is 12.2. The van der Waals surface area contributed by atoms with Crippen molar-refractivity contribution in [3.8, 4) is 11.6 Å². The molecule has 0 saturated heterocycles. The molecule has 142 valence electrons. The zero-order chi connectivity index (χ0) is 19.8. The van der Waals surface area contributed by atoms with Gasteiger partial charge in [-0.1, -0.05) is 46.3 Å². The summed E-state index contributed by atoms with van der Waals surface area (Å²) in [4.78, 5) is 28.1. The maximum Gasteiger partial charge on any atom is 0.253 e. The van der Waals surface area contributed by atoms with Crippen molar-refractivity contribution < 1.29 is 14.3 Å². The quantitative estimate of drug-likeness (QED) is 0.588. The Kier molecular flexibility index (Phi) is 6.75. The van der Waals surface area contributed by atoms with Crippen molar-refractivity contribution in [2.24, 2.45) is 0 Å². The average molecular weight is 440 g/mol. The van der Waals surface area contributed by atoms with Gasteiger partial charge in [0, 0.05) is 23.3 Å². The van der Waals surface area contributed by atoms with Gasteiger partial charge in [0.25, 0.3) is 5.91 Å². The summed E-state index contributed by atoms with van der Waals surface area (Å²) in [5.41, 5.74) is 1.34. The van der Waals surface area contributed by atoms with E-state index in [1.807, 2.05) is 42.5 Å². The first-order valence-electron chi connectivity index (χ1n) is 8.58. The van der Waals surface area contributed by atoms with Crippen molar-refractivity contribution in [2.45, 2.75) is 6.54 Å². The molecule has 2 amide bonds. The largest absolute Gasteiger partial charge is 0.439 e. The summed E-state index contributed by atoms with van der Waals surface area (Å²) in [5, 5.41) is 5.33. The summed E-state index contributed by atoms with van der Waals surface area (Å²) in [7, 11) is 0. The first kappa shape index (κ1) is 19.6. The normalized spacial score (nSPS) is 10.2. The van der Waals surface area contributed by atoms with Crippen molar-refractivity contribution in [1.29, 1.82) is 0 Å². The molecule has 0 unspecified atom stereocenters. The molecule has 3 rings (SSSR count). The minimum absolute atomic E-state index is 0.108. The molecule has 0 atom stereocenters. The Morgan fingerprint density at radius 1 is 0.929 bits per heavy atom. The first-order valence-corrected chi connectivity index (χ1v) is 9.38. The van der Waals surface area contributed by atoms with Gasteiger partial charge in [-0.3, -0.25) is 9.59 Å². The summed E-state index contributed by atoms with van der Waals surface area (Å²) < 4.78 is 6.56. The lowest BCUT2D eigenvalue weighted by Crippen LogP contribution is -2.36. The van der Waals surface area contributed by atoms with Gasteiger partial charge in [0.1, 0.15) is 5.75 Å². The fraction of sp³-hybridized carbons (Fsp3) is 0.0952. The smallest absolute Gasteiger partial charge is 0.253 e. The van der Waals surface area contributed by atoms with Crippen LogP contribution < -0.4 is 15.4 Å². The van der Waals surface area contributed by atoms with E-state index in [0.29, 0.717) is 23.7 Å². The standard InChI is InChI=1S/C21H18BrN3O3/c22-17-7-9-18(10-8-17)28-20-11-6-16(13-24-20)21(27)25-14-19(26)23-12-15-4-2-1-3-5-15/h1-11,13H,12,14H2,(H,23,26)(H,25,27). The van der Waals surface area contributed by atoms with Crippen LogP contribution in [0.5, 0.6) is 11.6 Å². The number of carbonyl (C=O) groups excluding carboxylic acids is 2. The van der Waals surface area contributed by atoms with Crippen LogP contribution in [-0.4, -0.2) is 23.3 Å². The number of halogens is 1. The molecule has 0 aliphatic heterocycles. The van der Waals surface area contributed by atoms with Gasteiger partial charge in [-0.25, -0.2) is 4.98 Å². The molecule has 0 aliphatic rings. The Bertz CT molecular complexity index is 929. The van der Waals surface area contributed by atoms with Crippen LogP contribution in [0.1, 0.15) is 15.9 Å². The predicted molar refractivity (Wildman–Crippen MR) is 109 cm³/mol. The number of amides is 2. The number of hydrogen-bond acceptors (Lipinski definition) is 4. The van der Waals surface area contributed by atoms with Gasteiger partial charge < -0.3 is 15.4 Å². The van der Waals surface area contributed by atoms with Crippen LogP contribution in [0.25, 0.3) is 0 Å². The molecule has 0 bridgehead atoms. The second kappa shape index (κ2) is 9.66. The molecular formula is C21H18BrN3O3. The minimum Gasteiger partial charge on any atom is -0.439 e. The number of ether oxygens (including phenoxy) is 1. The van der Waals surface area contributed by atoms with E-state index in [4.69, 9.17) is 4.74 Å². The number of nitrogens with one attached hydrogen (secondary N) is 2. The van der Waals surface area contributed by atoms with Gasteiger partial charge in [0.2, 0.25) is 11.8 Å². The van der Waals surface area contributed by atoms with Crippen molar-refractivity contribution in [2.75, 3.05) is 6.54 Å². The van der Waals surface area contributed by atoms with E-state index in [9.17, 15) is 9.59 Å². The second-order valence-electron chi connectivity index (χ2n) is 5.89. The van der Waals surface area contributed by atoms with Crippen LogP contribution >= 0.6 is 15.9 Å². The molecule has 7 heteroatoms. The Morgan fingerprint density at radius 3 is 2.36 bits per heavy atom. The monoisotopic (exact) mass is 439 g/mol. The molecule has 0 aliphatic carbocycles. The zero-order valence-electron chi connectivity index (χ0n) is 14.9. The highest BCUT2D eigenvalue weighted by molar-refractivity contribution is 9.10. The van der Waals surface area contributed by atoms with Crippen LogP contribution in [0.2, 0.25) is 0 Å². The SMILES string of the molecule is O=C(CNC(=O)c1ccc(Oc2ccc(Br)cc2)nc1)NCc1ccccc1. The van der Waals surface area contributed by atoms with Crippen LogP contribution in [0.3, 0.4) is 0 Å². The van der Waals surface area contributed by atoms with Crippen LogP contribution in [0.15, 0.2) is 77.4 Å². The van der Waals surface area contributed by atoms with Crippen LogP contribution in [0.4, 0.5) is 0 Å². The Morgan fingerprint density at radius 2 is 1.68 bits per heavy atom. The predicted octanol–water partition coefficient (Wildman–Crippen LogP) is 3.68. The molecule has 3 aromatic rings. The average Bonchev–Trinajstić information content (AvgIpc) is 2.73. The third-order valence-electron chi connectivity index (χ3n) is 3.78. The molecule has 2 N–H and O–H groups in total. The number of hydrogen-bond donors (Lipinski definition) is 2. The molecule has 0 saturated carbocycles. The number of rotatable bonds is 7. The molecule has 6 nitrogen and oxygen atoms in total. The number of carbonyl (C=O) groups is 2. The topological polar surface area (TPSA) is 80.3 Å². The van der Waals surface area contributed by atoms with E-state index < -0.39 is 0 Å². The third-order valence-corrected chi connectivity index (χ3v) is 4.31. The van der Waals surface area contributed by atoms with Crippen molar-refractivity contribution >= 4 is 27.7 Å². The van der Waals surface area contributed by atoms with Crippen molar-refractivity contribution in [3.63, 3.8) is 0 Å². The number of benzene rings is 2. The summed E-state index contributed by atoms with van der Waals surface area (Å²) in [6.45, 7) is 0.308. The zero-order valence-corrected chi connectivity index (χ0v) is 16.5. The van der Waals surface area contributed by atoms with E-state index in [1.165, 1.54) is 6.20 Å². The van der Waals surface area contributed by atoms with Gasteiger partial charge in [0.05, 0.1) is 12.1 Å². The van der Waals surface area contributed by atoms with Crippen LogP contribution in [0, 0.1) is 0 Å². The lowest BCUT2D eigenvalue weighted by atomic mass is 10.2. The lowest BCUT2D eigenvalue weighted by molar-refractivity contribution is -0.120. The highest BCUT2D eigenvalue weighted by atomic mass is 79.9. The Labute approximate surface area is 171 Å². The fourth-order valence-electron chi connectivity index (χ4n) is 2.32. The summed E-state index contributed by atoms with van der Waals surface area (Å²) in [6.07, 6.45) is 1.41. The van der Waals surface area contributed by atoms with Gasteiger partial charge in [-0.2, -0.15) is 0 Å². The molecular weight excluding hydrogens is 422 g/mol. The third kappa shape index (κ3) is 5.92. The maximum absolute atomic E-state index is 12.2. The van der Waals surface area contributed by atoms with Crippen molar-refractivity contribution in [3.05, 3.63) is 88.5 Å². The highest BCUT2D eigenvalue weighted by Gasteiger charge is 2.09.